The molecule has 2 aromatic carbocycles. The zero-order valence-electron chi connectivity index (χ0n) is 24.0. The Bertz CT molecular complexity index is 1730. The normalized spacial score (nSPS) is 11.6. The predicted octanol–water partition coefficient (Wildman–Crippen LogP) is 3.90. The van der Waals surface area contributed by atoms with Crippen LogP contribution in [-0.2, 0) is 30.8 Å². The van der Waals surface area contributed by atoms with Gasteiger partial charge in [0.15, 0.2) is 17.0 Å². The molecule has 3 heterocycles. The van der Waals surface area contributed by atoms with E-state index in [-0.39, 0.29) is 30.3 Å². The number of nitrogens with zero attached hydrogens (tertiary/aromatic N) is 7. The van der Waals surface area contributed by atoms with Crippen LogP contribution in [0, 0.1) is 5.92 Å². The molecule has 0 saturated carbocycles. The van der Waals surface area contributed by atoms with Gasteiger partial charge in [0.2, 0.25) is 0 Å². The van der Waals surface area contributed by atoms with Crippen LogP contribution in [0.3, 0.4) is 0 Å². The van der Waals surface area contributed by atoms with E-state index in [2.05, 4.69) is 65.7 Å². The second kappa shape index (κ2) is 12.4. The number of methoxy groups -OCH3 is 1. The summed E-state index contributed by atoms with van der Waals surface area (Å²) in [5, 5.41) is 14.3. The number of nitrogens with one attached hydrogen (secondary N) is 1. The van der Waals surface area contributed by atoms with Gasteiger partial charge in [-0.2, -0.15) is 0 Å². The third kappa shape index (κ3) is 5.76. The molecule has 0 aliphatic carbocycles. The highest BCUT2D eigenvalue weighted by Crippen LogP contribution is 2.30. The standard InChI is InChI=1S/C30H36N8O3/c1-5-6-11-25-31-28-26(29(39)36(16-17-41-4)30(40)38(28)18-20(2)3)37(25)19-21-12-14-22(15-13-21)23-9-7-8-10-24(23)27-32-34-35-33-27/h7-10,12-15,20H,5-6,11,16-19H2,1-4H3,(H,32,33,34,35). The van der Waals surface area contributed by atoms with Crippen molar-refractivity contribution >= 4 is 11.2 Å². The summed E-state index contributed by atoms with van der Waals surface area (Å²) in [4.78, 5) is 32.1. The predicted molar refractivity (Wildman–Crippen MR) is 158 cm³/mol. The Hall–Kier alpha value is -4.38. The molecule has 41 heavy (non-hydrogen) atoms. The third-order valence-electron chi connectivity index (χ3n) is 7.15. The number of unbranched alkanes of at least 4 members (excludes halogenated alkanes) is 1. The number of aryl methyl sites for hydroxylation is 1. The van der Waals surface area contributed by atoms with Crippen molar-refractivity contribution in [1.29, 1.82) is 0 Å². The molecule has 0 bridgehead atoms. The first-order valence-electron chi connectivity index (χ1n) is 14.1. The molecule has 0 saturated heterocycles. The first-order chi connectivity index (χ1) is 19.9. The van der Waals surface area contributed by atoms with Crippen LogP contribution in [0.4, 0.5) is 0 Å². The number of rotatable bonds is 12. The van der Waals surface area contributed by atoms with Crippen LogP contribution in [0.15, 0.2) is 58.1 Å². The van der Waals surface area contributed by atoms with Crippen molar-refractivity contribution in [3.63, 3.8) is 0 Å². The minimum atomic E-state index is -0.343. The van der Waals surface area contributed by atoms with E-state index in [4.69, 9.17) is 9.72 Å². The summed E-state index contributed by atoms with van der Waals surface area (Å²) in [6.45, 7) is 7.63. The van der Waals surface area contributed by atoms with Crippen molar-refractivity contribution < 1.29 is 4.74 Å². The van der Waals surface area contributed by atoms with E-state index < -0.39 is 0 Å². The van der Waals surface area contributed by atoms with E-state index in [0.717, 1.165) is 47.3 Å². The average Bonchev–Trinajstić information content (AvgIpc) is 3.63. The SMILES string of the molecule is CCCCc1nc2c(c(=O)n(CCOC)c(=O)n2CC(C)C)n1Cc1ccc(-c2ccccc2-c2nnn[nH]2)cc1. The highest BCUT2D eigenvalue weighted by atomic mass is 16.5. The molecule has 11 nitrogen and oxygen atoms in total. The lowest BCUT2D eigenvalue weighted by molar-refractivity contribution is 0.184. The Morgan fingerprint density at radius 3 is 2.39 bits per heavy atom. The van der Waals surface area contributed by atoms with Gasteiger partial charge in [0.05, 0.1) is 13.2 Å². The molecule has 1 N–H and O–H groups in total. The van der Waals surface area contributed by atoms with Gasteiger partial charge in [-0.1, -0.05) is 75.7 Å². The van der Waals surface area contributed by atoms with Gasteiger partial charge < -0.3 is 9.30 Å². The maximum Gasteiger partial charge on any atom is 0.332 e. The fourth-order valence-electron chi connectivity index (χ4n) is 5.13. The summed E-state index contributed by atoms with van der Waals surface area (Å²) in [5.41, 5.74) is 4.21. The smallest absolute Gasteiger partial charge is 0.332 e. The molecule has 0 radical (unpaired) electrons. The van der Waals surface area contributed by atoms with Gasteiger partial charge in [-0.05, 0) is 39.5 Å². The molecule has 0 spiro atoms. The maximum absolute atomic E-state index is 13.8. The monoisotopic (exact) mass is 556 g/mol. The van der Waals surface area contributed by atoms with Crippen LogP contribution in [0.2, 0.25) is 0 Å². The number of benzene rings is 2. The van der Waals surface area contributed by atoms with Gasteiger partial charge in [-0.3, -0.25) is 13.9 Å². The zero-order valence-corrected chi connectivity index (χ0v) is 24.0. The Labute approximate surface area is 237 Å². The first kappa shape index (κ1) is 28.2. The van der Waals surface area contributed by atoms with E-state index in [0.29, 0.717) is 30.1 Å². The molecule has 5 aromatic rings. The largest absolute Gasteiger partial charge is 0.383 e. The molecule has 3 aromatic heterocycles. The number of aromatic nitrogens is 8. The second-order valence-corrected chi connectivity index (χ2v) is 10.6. The summed E-state index contributed by atoms with van der Waals surface area (Å²) in [5.74, 6) is 1.62. The molecule has 0 aliphatic rings. The van der Waals surface area contributed by atoms with E-state index in [1.165, 1.54) is 4.57 Å². The fraction of sp³-hybridized carbons (Fsp3) is 0.400. The summed E-state index contributed by atoms with van der Waals surface area (Å²) >= 11 is 0. The number of tetrazole rings is 1. The minimum Gasteiger partial charge on any atom is -0.383 e. The molecule has 0 atom stereocenters. The van der Waals surface area contributed by atoms with Crippen molar-refractivity contribution in [2.24, 2.45) is 5.92 Å². The van der Waals surface area contributed by atoms with Crippen molar-refractivity contribution in [1.82, 2.24) is 39.3 Å². The molecule has 0 fully saturated rings. The number of H-pyrrole nitrogens is 1. The van der Waals surface area contributed by atoms with Crippen molar-refractivity contribution in [3.8, 4) is 22.5 Å². The van der Waals surface area contributed by atoms with E-state index in [1.54, 1.807) is 11.7 Å². The van der Waals surface area contributed by atoms with Gasteiger partial charge in [0, 0.05) is 32.2 Å². The fourth-order valence-corrected chi connectivity index (χ4v) is 5.13. The number of hydrogen-bond donors (Lipinski definition) is 1. The molecule has 0 unspecified atom stereocenters. The van der Waals surface area contributed by atoms with Crippen LogP contribution in [0.25, 0.3) is 33.7 Å². The summed E-state index contributed by atoms with van der Waals surface area (Å²) < 4.78 is 10.1. The Balaban J connectivity index is 1.60. The number of fused-ring (bicyclic) bond motifs is 1. The summed E-state index contributed by atoms with van der Waals surface area (Å²) in [6.07, 6.45) is 2.64. The second-order valence-electron chi connectivity index (χ2n) is 10.6. The molecular formula is C30H36N8O3. The molecule has 5 rings (SSSR count). The van der Waals surface area contributed by atoms with Gasteiger partial charge in [-0.15, -0.1) is 5.10 Å². The first-order valence-corrected chi connectivity index (χ1v) is 14.1. The number of hydrogen-bond acceptors (Lipinski definition) is 7. The van der Waals surface area contributed by atoms with Crippen molar-refractivity contribution in [3.05, 3.63) is 80.8 Å². The van der Waals surface area contributed by atoms with E-state index >= 15 is 0 Å². The highest BCUT2D eigenvalue weighted by Gasteiger charge is 2.22. The number of aromatic amines is 1. The molecule has 214 valence electrons. The quantitative estimate of drug-likeness (QED) is 0.247. The topological polar surface area (TPSA) is 126 Å². The van der Waals surface area contributed by atoms with Crippen molar-refractivity contribution in [2.45, 2.75) is 59.7 Å². The zero-order chi connectivity index (χ0) is 28.9. The average molecular weight is 557 g/mol. The van der Waals surface area contributed by atoms with E-state index in [1.807, 2.05) is 28.8 Å². The van der Waals surface area contributed by atoms with Crippen LogP contribution in [0.1, 0.15) is 45.0 Å². The number of imidazole rings is 1. The Morgan fingerprint density at radius 1 is 0.976 bits per heavy atom. The Morgan fingerprint density at radius 2 is 1.73 bits per heavy atom. The van der Waals surface area contributed by atoms with Gasteiger partial charge in [0.1, 0.15) is 5.82 Å². The van der Waals surface area contributed by atoms with Gasteiger partial charge in [0.25, 0.3) is 5.56 Å². The summed E-state index contributed by atoms with van der Waals surface area (Å²) in [7, 11) is 1.56. The van der Waals surface area contributed by atoms with Gasteiger partial charge >= 0.3 is 5.69 Å². The van der Waals surface area contributed by atoms with Gasteiger partial charge in [-0.25, -0.2) is 14.9 Å². The molecule has 0 amide bonds. The maximum atomic E-state index is 13.8. The van der Waals surface area contributed by atoms with Crippen molar-refractivity contribution in [2.75, 3.05) is 13.7 Å². The number of ether oxygens (including phenoxy) is 1. The third-order valence-corrected chi connectivity index (χ3v) is 7.15. The molecule has 0 aliphatic heterocycles. The lowest BCUT2D eigenvalue weighted by atomic mass is 9.98. The van der Waals surface area contributed by atoms with Crippen LogP contribution in [0.5, 0.6) is 0 Å². The Kier molecular flexibility index (Phi) is 8.53. The van der Waals surface area contributed by atoms with E-state index in [9.17, 15) is 9.59 Å². The summed E-state index contributed by atoms with van der Waals surface area (Å²) in [6, 6.07) is 16.2. The lowest BCUT2D eigenvalue weighted by Gasteiger charge is -2.14. The van der Waals surface area contributed by atoms with Crippen LogP contribution in [-0.4, -0.2) is 53.0 Å². The van der Waals surface area contributed by atoms with Crippen LogP contribution < -0.4 is 11.2 Å². The highest BCUT2D eigenvalue weighted by molar-refractivity contribution is 5.80. The molecular weight excluding hydrogens is 520 g/mol. The lowest BCUT2D eigenvalue weighted by Crippen LogP contribution is -2.42. The minimum absolute atomic E-state index is 0.187. The molecule has 11 heteroatoms. The van der Waals surface area contributed by atoms with Crippen LogP contribution >= 0.6 is 0 Å².